The zero-order chi connectivity index (χ0) is 24.1. The van der Waals surface area contributed by atoms with E-state index in [4.69, 9.17) is 0 Å². The molecule has 1 aliphatic carbocycles. The van der Waals surface area contributed by atoms with Gasteiger partial charge in [-0.05, 0) is 56.0 Å². The van der Waals surface area contributed by atoms with Crippen LogP contribution in [0.1, 0.15) is 77.8 Å². The molecule has 174 valence electrons. The first-order valence-corrected chi connectivity index (χ1v) is 11.9. The minimum atomic E-state index is -0.621. The van der Waals surface area contributed by atoms with Crippen LogP contribution in [0.5, 0.6) is 0 Å². The predicted octanol–water partition coefficient (Wildman–Crippen LogP) is 4.15. The molecule has 5 rings (SSSR count). The highest BCUT2D eigenvalue weighted by Crippen LogP contribution is 2.46. The molecule has 2 aliphatic heterocycles. The minimum absolute atomic E-state index is 0.189. The first-order valence-electron chi connectivity index (χ1n) is 11.9. The van der Waals surface area contributed by atoms with Crippen molar-refractivity contribution in [2.45, 2.75) is 52.0 Å². The van der Waals surface area contributed by atoms with Crippen molar-refractivity contribution in [2.24, 2.45) is 0 Å². The molecule has 7 nitrogen and oxygen atoms in total. The highest BCUT2D eigenvalue weighted by atomic mass is 16.2. The molecular weight excluding hydrogens is 430 g/mol. The van der Waals surface area contributed by atoms with E-state index in [9.17, 15) is 19.2 Å². The fourth-order valence-electron chi connectivity index (χ4n) is 5.48. The Labute approximate surface area is 198 Å². The van der Waals surface area contributed by atoms with Crippen LogP contribution in [0, 0.1) is 0 Å². The van der Waals surface area contributed by atoms with Gasteiger partial charge < -0.3 is 0 Å². The van der Waals surface area contributed by atoms with E-state index < -0.39 is 11.8 Å². The summed E-state index contributed by atoms with van der Waals surface area (Å²) >= 11 is 0. The second-order valence-electron chi connectivity index (χ2n) is 8.81. The summed E-state index contributed by atoms with van der Waals surface area (Å²) in [6.45, 7) is 6.23. The summed E-state index contributed by atoms with van der Waals surface area (Å²) in [7, 11) is 0. The van der Waals surface area contributed by atoms with Crippen molar-refractivity contribution in [3.8, 4) is 0 Å². The van der Waals surface area contributed by atoms with Gasteiger partial charge in [0.2, 0.25) is 0 Å². The van der Waals surface area contributed by atoms with Gasteiger partial charge in [0.1, 0.15) is 0 Å². The lowest BCUT2D eigenvalue weighted by atomic mass is 9.73. The van der Waals surface area contributed by atoms with Gasteiger partial charge in [0.05, 0.1) is 11.6 Å². The van der Waals surface area contributed by atoms with Gasteiger partial charge >= 0.3 is 0 Å². The van der Waals surface area contributed by atoms with E-state index in [1.807, 2.05) is 51.1 Å². The number of hydrogen-bond acceptors (Lipinski definition) is 5. The zero-order valence-electron chi connectivity index (χ0n) is 19.6. The summed E-state index contributed by atoms with van der Waals surface area (Å²) in [5.74, 6) is -2.08. The number of nitrogens with zero attached hydrogens (tertiary/aromatic N) is 3. The Bertz CT molecular complexity index is 1250. The first-order chi connectivity index (χ1) is 16.4. The number of carbonyl (C=O) groups is 4. The third-order valence-electron chi connectivity index (χ3n) is 7.15. The van der Waals surface area contributed by atoms with E-state index in [2.05, 4.69) is 0 Å². The van der Waals surface area contributed by atoms with Crippen LogP contribution in [-0.4, -0.2) is 46.1 Å². The van der Waals surface area contributed by atoms with Crippen LogP contribution in [-0.2, 0) is 9.59 Å². The number of hydrazine groups is 1. The quantitative estimate of drug-likeness (QED) is 0.609. The van der Waals surface area contributed by atoms with E-state index in [-0.39, 0.29) is 23.8 Å². The van der Waals surface area contributed by atoms with Crippen LogP contribution in [0.15, 0.2) is 48.5 Å². The van der Waals surface area contributed by atoms with Gasteiger partial charge in [0, 0.05) is 34.9 Å². The smallest absolute Gasteiger partial charge is 0.276 e. The van der Waals surface area contributed by atoms with Crippen molar-refractivity contribution in [3.63, 3.8) is 0 Å². The number of allylic oxidation sites excluding steroid dienone is 1. The standard InChI is InChI=1S/C27H27N3O4/c1-4-16(5-2)29-24(31)18-12-14-20-23-21(15-13-19(22(18)23)25(29)32)27(34)30(26(20)33)28(6-3)17-10-8-7-9-11-17/h7-14,16,21H,4-6,15H2,1-3H3. The van der Waals surface area contributed by atoms with Gasteiger partial charge in [0.15, 0.2) is 0 Å². The molecule has 0 radical (unpaired) electrons. The molecule has 0 saturated carbocycles. The van der Waals surface area contributed by atoms with Crippen molar-refractivity contribution in [2.75, 3.05) is 11.6 Å². The lowest BCUT2D eigenvalue weighted by molar-refractivity contribution is -0.131. The lowest BCUT2D eigenvalue weighted by Crippen LogP contribution is -2.56. The SMILES string of the molecule is CCC(CC)N1C(=O)C2=CCC3C(=O)N(N(CC)c4ccccc4)C(=O)c4ccc(c2c43)C1=O. The fourth-order valence-corrected chi connectivity index (χ4v) is 5.48. The Balaban J connectivity index is 1.65. The van der Waals surface area contributed by atoms with E-state index >= 15 is 0 Å². The Morgan fingerprint density at radius 3 is 2.21 bits per heavy atom. The molecule has 2 aromatic rings. The zero-order valence-corrected chi connectivity index (χ0v) is 19.6. The molecule has 2 heterocycles. The maximum absolute atomic E-state index is 13.7. The minimum Gasteiger partial charge on any atom is -0.276 e. The number of carbonyl (C=O) groups excluding carboxylic acids is 4. The van der Waals surface area contributed by atoms with Crippen molar-refractivity contribution in [1.29, 1.82) is 0 Å². The van der Waals surface area contributed by atoms with E-state index in [0.29, 0.717) is 53.6 Å². The summed E-state index contributed by atoms with van der Waals surface area (Å²) in [5.41, 5.74) is 2.93. The van der Waals surface area contributed by atoms with Crippen LogP contribution in [0.4, 0.5) is 5.69 Å². The van der Waals surface area contributed by atoms with Gasteiger partial charge in [-0.1, -0.05) is 38.1 Å². The molecule has 4 amide bonds. The second kappa shape index (κ2) is 8.24. The predicted molar refractivity (Wildman–Crippen MR) is 128 cm³/mol. The van der Waals surface area contributed by atoms with Crippen LogP contribution < -0.4 is 5.01 Å². The number of amides is 4. The highest BCUT2D eigenvalue weighted by molar-refractivity contribution is 6.33. The number of benzene rings is 2. The number of imide groups is 2. The van der Waals surface area contributed by atoms with Crippen LogP contribution in [0.25, 0.3) is 5.57 Å². The summed E-state index contributed by atoms with van der Waals surface area (Å²) < 4.78 is 0. The largest absolute Gasteiger partial charge is 0.279 e. The van der Waals surface area contributed by atoms with Crippen LogP contribution in [0.3, 0.4) is 0 Å². The Hall–Kier alpha value is -3.74. The molecule has 2 aromatic carbocycles. The first kappa shape index (κ1) is 22.1. The van der Waals surface area contributed by atoms with Gasteiger partial charge in [-0.15, -0.1) is 0 Å². The van der Waals surface area contributed by atoms with Crippen molar-refractivity contribution in [1.82, 2.24) is 9.91 Å². The van der Waals surface area contributed by atoms with E-state index in [0.717, 1.165) is 5.69 Å². The molecule has 0 spiro atoms. The fraction of sp³-hybridized carbons (Fsp3) is 0.333. The number of anilines is 1. The van der Waals surface area contributed by atoms with Gasteiger partial charge in [-0.2, -0.15) is 5.01 Å². The van der Waals surface area contributed by atoms with Gasteiger partial charge in [-0.3, -0.25) is 29.1 Å². The van der Waals surface area contributed by atoms with Crippen LogP contribution in [0.2, 0.25) is 0 Å². The summed E-state index contributed by atoms with van der Waals surface area (Å²) in [6.07, 6.45) is 3.42. The molecule has 34 heavy (non-hydrogen) atoms. The van der Waals surface area contributed by atoms with Gasteiger partial charge in [0.25, 0.3) is 23.6 Å². The number of para-hydroxylation sites is 1. The van der Waals surface area contributed by atoms with E-state index in [1.165, 1.54) is 9.91 Å². The summed E-state index contributed by atoms with van der Waals surface area (Å²) in [6, 6.07) is 12.4. The molecule has 7 heteroatoms. The molecule has 1 unspecified atom stereocenters. The monoisotopic (exact) mass is 457 g/mol. The molecular formula is C27H27N3O4. The molecule has 0 aromatic heterocycles. The van der Waals surface area contributed by atoms with Crippen molar-refractivity contribution < 1.29 is 19.2 Å². The van der Waals surface area contributed by atoms with Crippen LogP contribution >= 0.6 is 0 Å². The second-order valence-corrected chi connectivity index (χ2v) is 8.81. The average Bonchev–Trinajstić information content (AvgIpc) is 2.86. The third-order valence-corrected chi connectivity index (χ3v) is 7.15. The topological polar surface area (TPSA) is 78.0 Å². The van der Waals surface area contributed by atoms with Gasteiger partial charge in [-0.25, -0.2) is 0 Å². The van der Waals surface area contributed by atoms with E-state index in [1.54, 1.807) is 23.2 Å². The Morgan fingerprint density at radius 2 is 1.56 bits per heavy atom. The maximum Gasteiger partial charge on any atom is 0.279 e. The lowest BCUT2D eigenvalue weighted by Gasteiger charge is -2.43. The number of hydrogen-bond donors (Lipinski definition) is 0. The molecule has 0 N–H and O–H groups in total. The molecule has 0 saturated heterocycles. The molecule has 0 fully saturated rings. The Kier molecular flexibility index (Phi) is 5.35. The molecule has 3 aliphatic rings. The number of rotatable bonds is 6. The van der Waals surface area contributed by atoms with Crippen molar-refractivity contribution in [3.05, 3.63) is 70.8 Å². The summed E-state index contributed by atoms with van der Waals surface area (Å²) in [5, 5.41) is 2.90. The maximum atomic E-state index is 13.7. The summed E-state index contributed by atoms with van der Waals surface area (Å²) in [4.78, 5) is 55.5. The highest BCUT2D eigenvalue weighted by Gasteiger charge is 2.49. The normalized spacial score (nSPS) is 18.9. The molecule has 0 bridgehead atoms. The Morgan fingerprint density at radius 1 is 0.882 bits per heavy atom. The van der Waals surface area contributed by atoms with Crippen molar-refractivity contribution >= 4 is 34.9 Å². The molecule has 1 atom stereocenters. The average molecular weight is 458 g/mol. The third kappa shape index (κ3) is 2.96.